The third kappa shape index (κ3) is 14.1. The van der Waals surface area contributed by atoms with Gasteiger partial charge in [0.05, 0.1) is 27.2 Å². The summed E-state index contributed by atoms with van der Waals surface area (Å²) in [7, 11) is 4.70. The molecule has 2 heteroatoms. The number of hydrogen-bond acceptors (Lipinski definition) is 0. The predicted octanol–water partition coefficient (Wildman–Crippen LogP) is 3.70. The molecule has 1 nitrogen and oxygen atoms in total. The zero-order chi connectivity index (χ0) is 17.5. The summed E-state index contributed by atoms with van der Waals surface area (Å²) in [6, 6.07) is 10.6. The van der Waals surface area contributed by atoms with Gasteiger partial charge >= 0.3 is 0 Å². The molecular formula is C23H40ClN. The largest absolute Gasteiger partial charge is 1.00 e. The van der Waals surface area contributed by atoms with E-state index in [4.69, 9.17) is 0 Å². The second-order valence-electron chi connectivity index (χ2n) is 7.84. The lowest BCUT2D eigenvalue weighted by atomic mass is 10.1. The van der Waals surface area contributed by atoms with Gasteiger partial charge in [0.1, 0.15) is 0 Å². The fourth-order valence-corrected chi connectivity index (χ4v) is 3.16. The van der Waals surface area contributed by atoms with Crippen LogP contribution in [0.3, 0.4) is 0 Å². The SMILES string of the molecule is CCCCCCCCCCCC[N+](C)(C)C/C=C/c1ccccc1.[Cl-]. The molecule has 0 unspecified atom stereocenters. The zero-order valence-electron chi connectivity index (χ0n) is 16.9. The minimum Gasteiger partial charge on any atom is -1.00 e. The summed E-state index contributed by atoms with van der Waals surface area (Å²) in [5, 5.41) is 0. The Bertz CT molecular complexity index is 425. The molecule has 0 spiro atoms. The average molecular weight is 366 g/mol. The summed E-state index contributed by atoms with van der Waals surface area (Å²) in [6.07, 6.45) is 18.8. The lowest BCUT2D eigenvalue weighted by Gasteiger charge is -2.28. The second-order valence-corrected chi connectivity index (χ2v) is 7.84. The Morgan fingerprint density at radius 3 is 1.84 bits per heavy atom. The summed E-state index contributed by atoms with van der Waals surface area (Å²) in [4.78, 5) is 0. The summed E-state index contributed by atoms with van der Waals surface area (Å²) in [5.74, 6) is 0. The lowest BCUT2D eigenvalue weighted by molar-refractivity contribution is -0.884. The topological polar surface area (TPSA) is 0 Å². The first-order valence-corrected chi connectivity index (χ1v) is 10.2. The number of benzene rings is 1. The van der Waals surface area contributed by atoms with Gasteiger partial charge in [-0.3, -0.25) is 0 Å². The maximum absolute atomic E-state index is 2.35. The first-order valence-electron chi connectivity index (χ1n) is 10.2. The minimum atomic E-state index is 0. The highest BCUT2D eigenvalue weighted by Gasteiger charge is 2.11. The highest BCUT2D eigenvalue weighted by atomic mass is 35.5. The van der Waals surface area contributed by atoms with Gasteiger partial charge in [-0.15, -0.1) is 0 Å². The Balaban J connectivity index is 0.00000576. The number of quaternary nitrogens is 1. The van der Waals surface area contributed by atoms with Crippen molar-refractivity contribution in [3.63, 3.8) is 0 Å². The van der Waals surface area contributed by atoms with Crippen LogP contribution < -0.4 is 12.4 Å². The summed E-state index contributed by atoms with van der Waals surface area (Å²) < 4.78 is 1.10. The van der Waals surface area contributed by atoms with Crippen LogP contribution in [0, 0.1) is 0 Å². The van der Waals surface area contributed by atoms with Crippen molar-refractivity contribution in [1.82, 2.24) is 0 Å². The number of rotatable bonds is 14. The van der Waals surface area contributed by atoms with Crippen LogP contribution in [0.15, 0.2) is 36.4 Å². The van der Waals surface area contributed by atoms with Crippen LogP contribution in [0.1, 0.15) is 76.7 Å². The van der Waals surface area contributed by atoms with E-state index in [-0.39, 0.29) is 12.4 Å². The fourth-order valence-electron chi connectivity index (χ4n) is 3.16. The Morgan fingerprint density at radius 1 is 0.760 bits per heavy atom. The molecule has 25 heavy (non-hydrogen) atoms. The smallest absolute Gasteiger partial charge is 0.0972 e. The third-order valence-corrected chi connectivity index (χ3v) is 4.83. The first-order chi connectivity index (χ1) is 11.6. The molecule has 0 amide bonds. The van der Waals surface area contributed by atoms with Crippen LogP contribution in [0.5, 0.6) is 0 Å². The number of halogens is 1. The van der Waals surface area contributed by atoms with Crippen molar-refractivity contribution >= 4 is 6.08 Å². The van der Waals surface area contributed by atoms with Crippen LogP contribution >= 0.6 is 0 Å². The number of hydrogen-bond donors (Lipinski definition) is 0. The van der Waals surface area contributed by atoms with Crippen LogP contribution in [-0.4, -0.2) is 31.7 Å². The van der Waals surface area contributed by atoms with Crippen LogP contribution in [0.25, 0.3) is 6.08 Å². The molecule has 0 aromatic heterocycles. The van der Waals surface area contributed by atoms with Crippen molar-refractivity contribution in [3.05, 3.63) is 42.0 Å². The number of unbranched alkanes of at least 4 members (excludes halogenated alkanes) is 9. The van der Waals surface area contributed by atoms with Gasteiger partial charge in [-0.2, -0.15) is 0 Å². The number of nitrogens with zero attached hydrogens (tertiary/aromatic N) is 1. The van der Waals surface area contributed by atoms with E-state index in [2.05, 4.69) is 63.5 Å². The quantitative estimate of drug-likeness (QED) is 0.348. The Kier molecular flexibility index (Phi) is 15.0. The van der Waals surface area contributed by atoms with E-state index in [1.54, 1.807) is 0 Å². The zero-order valence-corrected chi connectivity index (χ0v) is 17.6. The molecule has 0 aliphatic carbocycles. The van der Waals surface area contributed by atoms with Crippen LogP contribution in [-0.2, 0) is 0 Å². The molecule has 0 saturated carbocycles. The average Bonchev–Trinajstić information content (AvgIpc) is 2.57. The van der Waals surface area contributed by atoms with Crippen molar-refractivity contribution in [1.29, 1.82) is 0 Å². The van der Waals surface area contributed by atoms with Gasteiger partial charge < -0.3 is 16.9 Å². The summed E-state index contributed by atoms with van der Waals surface area (Å²) in [5.41, 5.74) is 1.30. The third-order valence-electron chi connectivity index (χ3n) is 4.83. The van der Waals surface area contributed by atoms with Gasteiger partial charge in [-0.1, -0.05) is 94.7 Å². The van der Waals surface area contributed by atoms with Gasteiger partial charge in [-0.25, -0.2) is 0 Å². The van der Waals surface area contributed by atoms with E-state index in [0.29, 0.717) is 0 Å². The van der Waals surface area contributed by atoms with Crippen LogP contribution in [0.4, 0.5) is 0 Å². The van der Waals surface area contributed by atoms with E-state index in [9.17, 15) is 0 Å². The van der Waals surface area contributed by atoms with Gasteiger partial charge in [0, 0.05) is 0 Å². The molecule has 0 fully saturated rings. The maximum Gasteiger partial charge on any atom is 0.0972 e. The van der Waals surface area contributed by atoms with Gasteiger partial charge in [0.2, 0.25) is 0 Å². The molecule has 0 aliphatic rings. The Hall–Kier alpha value is -0.790. The molecule has 0 atom stereocenters. The van der Waals surface area contributed by atoms with Gasteiger partial charge in [0.15, 0.2) is 0 Å². The highest BCUT2D eigenvalue weighted by Crippen LogP contribution is 2.12. The fraction of sp³-hybridized carbons (Fsp3) is 0.652. The van der Waals surface area contributed by atoms with Crippen molar-refractivity contribution < 1.29 is 16.9 Å². The summed E-state index contributed by atoms with van der Waals surface area (Å²) >= 11 is 0. The molecule has 1 aromatic rings. The second kappa shape index (κ2) is 15.5. The van der Waals surface area contributed by atoms with Crippen molar-refractivity contribution in [2.45, 2.75) is 71.1 Å². The number of likely N-dealkylation sites (N-methyl/N-ethyl adjacent to an activating group) is 1. The van der Waals surface area contributed by atoms with Crippen molar-refractivity contribution in [3.8, 4) is 0 Å². The van der Waals surface area contributed by atoms with E-state index in [1.165, 1.54) is 76.3 Å². The Labute approximate surface area is 163 Å². The molecule has 1 aromatic carbocycles. The molecular weight excluding hydrogens is 326 g/mol. The predicted molar refractivity (Wildman–Crippen MR) is 109 cm³/mol. The lowest BCUT2D eigenvalue weighted by Crippen LogP contribution is -3.00. The van der Waals surface area contributed by atoms with Crippen molar-refractivity contribution in [2.75, 3.05) is 27.2 Å². The van der Waals surface area contributed by atoms with Gasteiger partial charge in [0.25, 0.3) is 0 Å². The normalized spacial score (nSPS) is 11.6. The molecule has 0 saturated heterocycles. The summed E-state index contributed by atoms with van der Waals surface area (Å²) in [6.45, 7) is 4.69. The van der Waals surface area contributed by atoms with E-state index in [0.717, 1.165) is 11.0 Å². The first kappa shape index (κ1) is 24.2. The molecule has 0 N–H and O–H groups in total. The van der Waals surface area contributed by atoms with E-state index in [1.807, 2.05) is 0 Å². The maximum atomic E-state index is 2.35. The van der Waals surface area contributed by atoms with Crippen molar-refractivity contribution in [2.24, 2.45) is 0 Å². The molecule has 0 heterocycles. The van der Waals surface area contributed by atoms with E-state index < -0.39 is 0 Å². The van der Waals surface area contributed by atoms with Crippen LogP contribution in [0.2, 0.25) is 0 Å². The molecule has 0 radical (unpaired) electrons. The standard InChI is InChI=1S/C23H40N.ClH/c1-4-5-6-7-8-9-10-11-12-16-21-24(2,3)22-17-20-23-18-14-13-15-19-23;/h13-15,17-20H,4-12,16,21-22H2,1-3H3;1H/q+1;/p-1/b20-17+;. The van der Waals surface area contributed by atoms with Gasteiger partial charge in [-0.05, 0) is 24.5 Å². The Morgan fingerprint density at radius 2 is 1.28 bits per heavy atom. The monoisotopic (exact) mass is 365 g/mol. The molecule has 0 bridgehead atoms. The minimum absolute atomic E-state index is 0. The van der Waals surface area contributed by atoms with E-state index >= 15 is 0 Å². The highest BCUT2D eigenvalue weighted by molar-refractivity contribution is 5.48. The molecule has 1 rings (SSSR count). The molecule has 0 aliphatic heterocycles. The molecule has 144 valence electrons.